The number of hydrogen-bond donors (Lipinski definition) is 1. The van der Waals surface area contributed by atoms with Crippen LogP contribution in [-0.2, 0) is 6.54 Å². The lowest BCUT2D eigenvalue weighted by molar-refractivity contribution is 0.0950. The van der Waals surface area contributed by atoms with Gasteiger partial charge >= 0.3 is 0 Å². The summed E-state index contributed by atoms with van der Waals surface area (Å²) in [6.45, 7) is 5.90. The average Bonchev–Trinajstić information content (AvgIpc) is 2.90. The zero-order valence-electron chi connectivity index (χ0n) is 14.5. The molecule has 0 radical (unpaired) electrons. The fourth-order valence-corrected chi connectivity index (χ4v) is 2.76. The third-order valence-corrected chi connectivity index (χ3v) is 4.30. The first-order chi connectivity index (χ1) is 12.0. The molecule has 0 aliphatic heterocycles. The largest absolute Gasteiger partial charge is 0.348 e. The summed E-state index contributed by atoms with van der Waals surface area (Å²) in [6, 6.07) is 14.3. The molecule has 0 spiro atoms. The molecule has 0 unspecified atom stereocenters. The van der Waals surface area contributed by atoms with Crippen LogP contribution in [0.1, 0.15) is 32.9 Å². The molecule has 0 fully saturated rings. The first-order valence-corrected chi connectivity index (χ1v) is 8.12. The van der Waals surface area contributed by atoms with Gasteiger partial charge in [0.1, 0.15) is 5.82 Å². The molecule has 0 bridgehead atoms. The summed E-state index contributed by atoms with van der Waals surface area (Å²) in [6.07, 6.45) is 0. The summed E-state index contributed by atoms with van der Waals surface area (Å²) in [4.78, 5) is 12.3. The summed E-state index contributed by atoms with van der Waals surface area (Å²) >= 11 is 0. The molecule has 0 saturated heterocycles. The SMILES string of the molecule is Cc1ccc(C(=O)NCc2c(C)nn(-c3ccccc3)c2C)cc1F. The van der Waals surface area contributed by atoms with Crippen LogP contribution in [0.15, 0.2) is 48.5 Å². The lowest BCUT2D eigenvalue weighted by Gasteiger charge is -2.08. The van der Waals surface area contributed by atoms with Gasteiger partial charge in [-0.15, -0.1) is 0 Å². The quantitative estimate of drug-likeness (QED) is 0.786. The minimum atomic E-state index is -0.378. The molecular formula is C20H20FN3O. The molecule has 0 aliphatic rings. The van der Waals surface area contributed by atoms with Crippen molar-refractivity contribution in [3.05, 3.63) is 82.4 Å². The molecule has 25 heavy (non-hydrogen) atoms. The van der Waals surface area contributed by atoms with E-state index >= 15 is 0 Å². The van der Waals surface area contributed by atoms with Gasteiger partial charge in [0.05, 0.1) is 11.4 Å². The number of nitrogens with zero attached hydrogens (tertiary/aromatic N) is 2. The fraction of sp³-hybridized carbons (Fsp3) is 0.200. The minimum absolute atomic E-state index is 0.301. The second-order valence-electron chi connectivity index (χ2n) is 6.04. The molecule has 3 aromatic rings. The zero-order valence-corrected chi connectivity index (χ0v) is 14.5. The van der Waals surface area contributed by atoms with E-state index in [1.165, 1.54) is 6.07 Å². The van der Waals surface area contributed by atoms with E-state index in [9.17, 15) is 9.18 Å². The van der Waals surface area contributed by atoms with Crippen LogP contribution in [0.5, 0.6) is 0 Å². The molecule has 1 aromatic heterocycles. The summed E-state index contributed by atoms with van der Waals surface area (Å²) in [7, 11) is 0. The Bertz CT molecular complexity index is 916. The molecular weight excluding hydrogens is 317 g/mol. The van der Waals surface area contributed by atoms with Crippen LogP contribution >= 0.6 is 0 Å². The highest BCUT2D eigenvalue weighted by molar-refractivity contribution is 5.94. The standard InChI is InChI=1S/C20H20FN3O/c1-13-9-10-16(11-19(13)21)20(25)22-12-18-14(2)23-24(15(18)3)17-7-5-4-6-8-17/h4-11H,12H2,1-3H3,(H,22,25). The van der Waals surface area contributed by atoms with Crippen LogP contribution in [-0.4, -0.2) is 15.7 Å². The highest BCUT2D eigenvalue weighted by Crippen LogP contribution is 2.18. The number of para-hydroxylation sites is 1. The summed E-state index contributed by atoms with van der Waals surface area (Å²) in [5.74, 6) is -0.679. The summed E-state index contributed by atoms with van der Waals surface area (Å²) in [5, 5.41) is 7.41. The Hall–Kier alpha value is -2.95. The average molecular weight is 337 g/mol. The van der Waals surface area contributed by atoms with E-state index in [1.807, 2.05) is 48.9 Å². The van der Waals surface area contributed by atoms with Crippen LogP contribution < -0.4 is 5.32 Å². The molecule has 0 aliphatic carbocycles. The predicted octanol–water partition coefficient (Wildman–Crippen LogP) is 3.87. The number of aromatic nitrogens is 2. The number of carbonyl (C=O) groups excluding carboxylic acids is 1. The molecule has 2 aromatic carbocycles. The smallest absolute Gasteiger partial charge is 0.251 e. The number of carbonyl (C=O) groups is 1. The Morgan fingerprint density at radius 1 is 1.12 bits per heavy atom. The number of rotatable bonds is 4. The highest BCUT2D eigenvalue weighted by Gasteiger charge is 2.14. The van der Waals surface area contributed by atoms with Crippen molar-refractivity contribution >= 4 is 5.91 Å². The lowest BCUT2D eigenvalue weighted by Crippen LogP contribution is -2.23. The number of aryl methyl sites for hydroxylation is 2. The Kier molecular flexibility index (Phi) is 4.65. The van der Waals surface area contributed by atoms with Crippen LogP contribution in [0.3, 0.4) is 0 Å². The highest BCUT2D eigenvalue weighted by atomic mass is 19.1. The molecule has 1 heterocycles. The zero-order chi connectivity index (χ0) is 18.0. The van der Waals surface area contributed by atoms with Crippen molar-refractivity contribution in [3.8, 4) is 5.69 Å². The first kappa shape index (κ1) is 16.9. The van der Waals surface area contributed by atoms with E-state index in [4.69, 9.17) is 0 Å². The molecule has 0 atom stereocenters. The van der Waals surface area contributed by atoms with Crippen LogP contribution in [0, 0.1) is 26.6 Å². The van der Waals surface area contributed by atoms with Gasteiger partial charge in [-0.2, -0.15) is 5.10 Å². The van der Waals surface area contributed by atoms with Crippen molar-refractivity contribution in [3.63, 3.8) is 0 Å². The molecule has 1 N–H and O–H groups in total. The fourth-order valence-electron chi connectivity index (χ4n) is 2.76. The number of benzene rings is 2. The maximum atomic E-state index is 13.6. The van der Waals surface area contributed by atoms with Gasteiger partial charge in [0.15, 0.2) is 0 Å². The van der Waals surface area contributed by atoms with Crippen molar-refractivity contribution in [2.24, 2.45) is 0 Å². The Morgan fingerprint density at radius 2 is 1.84 bits per heavy atom. The van der Waals surface area contributed by atoms with E-state index < -0.39 is 0 Å². The van der Waals surface area contributed by atoms with Crippen molar-refractivity contribution in [2.45, 2.75) is 27.3 Å². The number of amides is 1. The van der Waals surface area contributed by atoms with Crippen LogP contribution in [0.25, 0.3) is 5.69 Å². The number of nitrogens with one attached hydrogen (secondary N) is 1. The molecule has 1 amide bonds. The summed E-state index contributed by atoms with van der Waals surface area (Å²) in [5.41, 5.74) is 4.60. The van der Waals surface area contributed by atoms with Crippen LogP contribution in [0.4, 0.5) is 4.39 Å². The predicted molar refractivity (Wildman–Crippen MR) is 95.3 cm³/mol. The van der Waals surface area contributed by atoms with Gasteiger partial charge in [0.2, 0.25) is 0 Å². The molecule has 0 saturated carbocycles. The van der Waals surface area contributed by atoms with Gasteiger partial charge in [-0.3, -0.25) is 4.79 Å². The topological polar surface area (TPSA) is 46.9 Å². The van der Waals surface area contributed by atoms with Gasteiger partial charge in [-0.05, 0) is 50.6 Å². The molecule has 3 rings (SSSR count). The van der Waals surface area contributed by atoms with E-state index in [2.05, 4.69) is 10.4 Å². The van der Waals surface area contributed by atoms with Crippen molar-refractivity contribution in [1.29, 1.82) is 0 Å². The van der Waals surface area contributed by atoms with Gasteiger partial charge in [0, 0.05) is 23.4 Å². The minimum Gasteiger partial charge on any atom is -0.348 e. The molecule has 5 heteroatoms. The van der Waals surface area contributed by atoms with Crippen molar-refractivity contribution in [2.75, 3.05) is 0 Å². The molecule has 128 valence electrons. The first-order valence-electron chi connectivity index (χ1n) is 8.12. The lowest BCUT2D eigenvalue weighted by atomic mass is 10.1. The maximum Gasteiger partial charge on any atom is 0.251 e. The summed E-state index contributed by atoms with van der Waals surface area (Å²) < 4.78 is 15.5. The number of hydrogen-bond acceptors (Lipinski definition) is 2. The van der Waals surface area contributed by atoms with Crippen LogP contribution in [0.2, 0.25) is 0 Å². The van der Waals surface area contributed by atoms with E-state index in [-0.39, 0.29) is 11.7 Å². The Morgan fingerprint density at radius 3 is 2.52 bits per heavy atom. The second kappa shape index (κ2) is 6.89. The van der Waals surface area contributed by atoms with Gasteiger partial charge in [-0.25, -0.2) is 9.07 Å². The van der Waals surface area contributed by atoms with E-state index in [0.717, 1.165) is 22.6 Å². The second-order valence-corrected chi connectivity index (χ2v) is 6.04. The van der Waals surface area contributed by atoms with Gasteiger partial charge in [0.25, 0.3) is 5.91 Å². The third kappa shape index (κ3) is 3.45. The monoisotopic (exact) mass is 337 g/mol. The van der Waals surface area contributed by atoms with E-state index in [1.54, 1.807) is 19.1 Å². The van der Waals surface area contributed by atoms with Gasteiger partial charge in [-0.1, -0.05) is 24.3 Å². The van der Waals surface area contributed by atoms with Gasteiger partial charge < -0.3 is 5.32 Å². The normalized spacial score (nSPS) is 10.7. The number of halogens is 1. The van der Waals surface area contributed by atoms with Crippen molar-refractivity contribution < 1.29 is 9.18 Å². The third-order valence-electron chi connectivity index (χ3n) is 4.30. The Balaban J connectivity index is 1.78. The van der Waals surface area contributed by atoms with Crippen molar-refractivity contribution in [1.82, 2.24) is 15.1 Å². The maximum absolute atomic E-state index is 13.6. The molecule has 4 nitrogen and oxygen atoms in total. The Labute approximate surface area is 146 Å². The van der Waals surface area contributed by atoms with E-state index in [0.29, 0.717) is 17.7 Å².